The van der Waals surface area contributed by atoms with Crippen LogP contribution < -0.4 is 0 Å². The predicted molar refractivity (Wildman–Crippen MR) is 76.1 cm³/mol. The van der Waals surface area contributed by atoms with E-state index in [4.69, 9.17) is 0 Å². The highest BCUT2D eigenvalue weighted by atomic mass is 14.3. The normalized spacial score (nSPS) is 39.2. The Morgan fingerprint density at radius 2 is 1.18 bits per heavy atom. The molecular weight excluding hydrogens is 204 g/mol. The van der Waals surface area contributed by atoms with Crippen molar-refractivity contribution < 1.29 is 0 Å². The van der Waals surface area contributed by atoms with E-state index >= 15 is 0 Å². The maximum Gasteiger partial charge on any atom is -0.0411 e. The molecular formula is C17H32. The van der Waals surface area contributed by atoms with E-state index in [1.165, 1.54) is 38.5 Å². The van der Waals surface area contributed by atoms with E-state index in [2.05, 4.69) is 13.8 Å². The molecule has 0 heterocycles. The summed E-state index contributed by atoms with van der Waals surface area (Å²) in [6.45, 7) is 4.78. The highest BCUT2D eigenvalue weighted by molar-refractivity contribution is 4.77. The minimum Gasteiger partial charge on any atom is -0.0654 e. The molecule has 0 heteroatoms. The third kappa shape index (κ3) is 4.30. The van der Waals surface area contributed by atoms with Gasteiger partial charge in [0, 0.05) is 0 Å². The molecule has 0 atom stereocenters. The smallest absolute Gasteiger partial charge is 0.0411 e. The van der Waals surface area contributed by atoms with Crippen LogP contribution in [-0.4, -0.2) is 0 Å². The summed E-state index contributed by atoms with van der Waals surface area (Å²) in [5.41, 5.74) is 0. The van der Waals surface area contributed by atoms with E-state index < -0.39 is 0 Å². The van der Waals surface area contributed by atoms with E-state index in [1.807, 2.05) is 0 Å². The van der Waals surface area contributed by atoms with Crippen LogP contribution in [-0.2, 0) is 0 Å². The van der Waals surface area contributed by atoms with Crippen LogP contribution in [0.25, 0.3) is 0 Å². The second-order valence-corrected chi connectivity index (χ2v) is 7.04. The van der Waals surface area contributed by atoms with Gasteiger partial charge in [-0.05, 0) is 30.1 Å². The fraction of sp³-hybridized carbons (Fsp3) is 1.00. The first-order chi connectivity index (χ1) is 8.28. The Bertz CT molecular complexity index is 192. The summed E-state index contributed by atoms with van der Waals surface area (Å²) >= 11 is 0. The average molecular weight is 236 g/mol. The van der Waals surface area contributed by atoms with Crippen molar-refractivity contribution in [2.45, 2.75) is 84.5 Å². The van der Waals surface area contributed by atoms with Crippen LogP contribution in [0.4, 0.5) is 0 Å². The standard InChI is InChI=1S/C17H32/c1-3-4-15-9-11-17(12-10-15)13-16-7-5-14(2)6-8-16/h14-17H,3-13H2,1-2H3. The molecule has 0 bridgehead atoms. The Morgan fingerprint density at radius 1 is 0.706 bits per heavy atom. The minimum absolute atomic E-state index is 1.02. The van der Waals surface area contributed by atoms with Gasteiger partial charge in [0.2, 0.25) is 0 Å². The lowest BCUT2D eigenvalue weighted by Gasteiger charge is -2.33. The Hall–Kier alpha value is 0. The summed E-state index contributed by atoms with van der Waals surface area (Å²) in [5, 5.41) is 0. The molecule has 0 spiro atoms. The topological polar surface area (TPSA) is 0 Å². The summed E-state index contributed by atoms with van der Waals surface area (Å²) in [4.78, 5) is 0. The van der Waals surface area contributed by atoms with Crippen LogP contribution >= 0.6 is 0 Å². The lowest BCUT2D eigenvalue weighted by molar-refractivity contribution is 0.192. The van der Waals surface area contributed by atoms with Gasteiger partial charge in [-0.15, -0.1) is 0 Å². The van der Waals surface area contributed by atoms with Crippen molar-refractivity contribution in [3.8, 4) is 0 Å². The fourth-order valence-electron chi connectivity index (χ4n) is 4.20. The van der Waals surface area contributed by atoms with Crippen LogP contribution in [0.2, 0.25) is 0 Å². The molecule has 2 saturated carbocycles. The number of hydrogen-bond donors (Lipinski definition) is 0. The Balaban J connectivity index is 1.64. The monoisotopic (exact) mass is 236 g/mol. The first-order valence-electron chi connectivity index (χ1n) is 8.28. The van der Waals surface area contributed by atoms with Gasteiger partial charge < -0.3 is 0 Å². The molecule has 2 fully saturated rings. The maximum atomic E-state index is 2.44. The van der Waals surface area contributed by atoms with Gasteiger partial charge >= 0.3 is 0 Å². The summed E-state index contributed by atoms with van der Waals surface area (Å²) in [6.07, 6.45) is 16.8. The third-order valence-electron chi connectivity index (χ3n) is 5.47. The lowest BCUT2D eigenvalue weighted by Crippen LogP contribution is -2.20. The van der Waals surface area contributed by atoms with E-state index in [0.29, 0.717) is 0 Å². The van der Waals surface area contributed by atoms with E-state index in [-0.39, 0.29) is 0 Å². The van der Waals surface area contributed by atoms with Crippen LogP contribution in [0.5, 0.6) is 0 Å². The van der Waals surface area contributed by atoms with Crippen molar-refractivity contribution in [1.82, 2.24) is 0 Å². The van der Waals surface area contributed by atoms with E-state index in [9.17, 15) is 0 Å². The van der Waals surface area contributed by atoms with E-state index in [1.54, 1.807) is 32.1 Å². The largest absolute Gasteiger partial charge is 0.0654 e. The fourth-order valence-corrected chi connectivity index (χ4v) is 4.20. The Morgan fingerprint density at radius 3 is 1.71 bits per heavy atom. The first kappa shape index (κ1) is 13.4. The summed E-state index contributed by atoms with van der Waals surface area (Å²) < 4.78 is 0. The second kappa shape index (κ2) is 6.81. The third-order valence-corrected chi connectivity index (χ3v) is 5.47. The molecule has 0 aromatic heterocycles. The predicted octanol–water partition coefficient (Wildman–Crippen LogP) is 5.81. The van der Waals surface area contributed by atoms with Gasteiger partial charge in [-0.3, -0.25) is 0 Å². The molecule has 0 aliphatic heterocycles. The number of rotatable bonds is 4. The average Bonchev–Trinajstić information content (AvgIpc) is 2.35. The second-order valence-electron chi connectivity index (χ2n) is 7.04. The van der Waals surface area contributed by atoms with Gasteiger partial charge in [-0.2, -0.15) is 0 Å². The molecule has 0 radical (unpaired) electrons. The molecule has 0 unspecified atom stereocenters. The Labute approximate surface area is 109 Å². The minimum atomic E-state index is 1.02. The zero-order valence-electron chi connectivity index (χ0n) is 12.1. The summed E-state index contributed by atoms with van der Waals surface area (Å²) in [7, 11) is 0. The molecule has 17 heavy (non-hydrogen) atoms. The van der Waals surface area contributed by atoms with Crippen LogP contribution in [0.15, 0.2) is 0 Å². The van der Waals surface area contributed by atoms with Crippen LogP contribution in [0.3, 0.4) is 0 Å². The lowest BCUT2D eigenvalue weighted by atomic mass is 9.73. The highest BCUT2D eigenvalue weighted by Gasteiger charge is 2.25. The van der Waals surface area contributed by atoms with Crippen molar-refractivity contribution in [2.24, 2.45) is 23.7 Å². The molecule has 2 aliphatic carbocycles. The molecule has 0 nitrogen and oxygen atoms in total. The molecule has 0 saturated heterocycles. The molecule has 0 amide bonds. The van der Waals surface area contributed by atoms with E-state index in [0.717, 1.165) is 23.7 Å². The first-order valence-corrected chi connectivity index (χ1v) is 8.28. The summed E-state index contributed by atoms with van der Waals surface area (Å²) in [5.74, 6) is 4.30. The molecule has 0 N–H and O–H groups in total. The van der Waals surface area contributed by atoms with Gasteiger partial charge in [-0.1, -0.05) is 78.1 Å². The Kier molecular flexibility index (Phi) is 5.38. The molecule has 0 aromatic carbocycles. The zero-order chi connectivity index (χ0) is 12.1. The SMILES string of the molecule is CCCC1CCC(CC2CCC(C)CC2)CC1. The van der Waals surface area contributed by atoms with Gasteiger partial charge in [-0.25, -0.2) is 0 Å². The van der Waals surface area contributed by atoms with Crippen molar-refractivity contribution in [3.05, 3.63) is 0 Å². The highest BCUT2D eigenvalue weighted by Crippen LogP contribution is 2.39. The molecule has 0 aromatic rings. The number of hydrogen-bond acceptors (Lipinski definition) is 0. The van der Waals surface area contributed by atoms with Crippen molar-refractivity contribution in [3.63, 3.8) is 0 Å². The van der Waals surface area contributed by atoms with Gasteiger partial charge in [0.25, 0.3) is 0 Å². The van der Waals surface area contributed by atoms with Crippen molar-refractivity contribution in [2.75, 3.05) is 0 Å². The van der Waals surface area contributed by atoms with Crippen LogP contribution in [0, 0.1) is 23.7 Å². The van der Waals surface area contributed by atoms with Crippen LogP contribution in [0.1, 0.15) is 84.5 Å². The van der Waals surface area contributed by atoms with Gasteiger partial charge in [0.05, 0.1) is 0 Å². The zero-order valence-corrected chi connectivity index (χ0v) is 12.1. The van der Waals surface area contributed by atoms with Gasteiger partial charge in [0.15, 0.2) is 0 Å². The molecule has 2 aliphatic rings. The summed E-state index contributed by atoms with van der Waals surface area (Å²) in [6, 6.07) is 0. The maximum absolute atomic E-state index is 2.44. The van der Waals surface area contributed by atoms with Crippen molar-refractivity contribution in [1.29, 1.82) is 0 Å². The molecule has 2 rings (SSSR count). The van der Waals surface area contributed by atoms with Gasteiger partial charge in [0.1, 0.15) is 0 Å². The van der Waals surface area contributed by atoms with Crippen molar-refractivity contribution >= 4 is 0 Å². The quantitative estimate of drug-likeness (QED) is 0.578. The molecule has 100 valence electrons.